The highest BCUT2D eigenvalue weighted by Gasteiger charge is 2.23. The third-order valence-electron chi connectivity index (χ3n) is 4.15. The Morgan fingerprint density at radius 3 is 2.56 bits per heavy atom. The van der Waals surface area contributed by atoms with E-state index in [0.29, 0.717) is 5.92 Å². The molecule has 2 fully saturated rings. The van der Waals surface area contributed by atoms with Crippen molar-refractivity contribution in [3.8, 4) is 0 Å². The lowest BCUT2D eigenvalue weighted by Gasteiger charge is -2.32. The second-order valence-electron chi connectivity index (χ2n) is 5.72. The maximum absolute atomic E-state index is 4.62. The minimum absolute atomic E-state index is 0.592. The Bertz CT molecular complexity index is 420. The lowest BCUT2D eigenvalue weighted by Crippen LogP contribution is -2.40. The van der Waals surface area contributed by atoms with Gasteiger partial charge >= 0.3 is 0 Å². The standard InChI is InChI=1S/C14H22N4/c1-10-3-5-18(6-4-10)14-7-13(12-8-15-9-12)16-11(2)17-14/h7,10,12,15H,3-6,8-9H2,1-2H3. The van der Waals surface area contributed by atoms with Crippen LogP contribution in [-0.4, -0.2) is 36.1 Å². The first-order chi connectivity index (χ1) is 8.72. The molecule has 3 rings (SSSR count). The molecule has 0 spiro atoms. The van der Waals surface area contributed by atoms with Gasteiger partial charge in [-0.3, -0.25) is 0 Å². The van der Waals surface area contributed by atoms with Crippen LogP contribution in [0.25, 0.3) is 0 Å². The van der Waals surface area contributed by atoms with E-state index in [0.717, 1.165) is 43.7 Å². The zero-order valence-electron chi connectivity index (χ0n) is 11.3. The van der Waals surface area contributed by atoms with Gasteiger partial charge in [-0.25, -0.2) is 9.97 Å². The van der Waals surface area contributed by atoms with Crippen molar-refractivity contribution in [1.82, 2.24) is 15.3 Å². The summed E-state index contributed by atoms with van der Waals surface area (Å²) in [5.74, 6) is 3.50. The highest BCUT2D eigenvalue weighted by atomic mass is 15.2. The molecular formula is C14H22N4. The molecule has 0 amide bonds. The molecule has 18 heavy (non-hydrogen) atoms. The first-order valence-corrected chi connectivity index (χ1v) is 7.03. The summed E-state index contributed by atoms with van der Waals surface area (Å²) in [5.41, 5.74) is 1.22. The minimum Gasteiger partial charge on any atom is -0.356 e. The number of hydrogen-bond donors (Lipinski definition) is 1. The number of nitrogens with zero attached hydrogens (tertiary/aromatic N) is 3. The SMILES string of the molecule is Cc1nc(C2CNC2)cc(N2CCC(C)CC2)n1. The quantitative estimate of drug-likeness (QED) is 0.862. The van der Waals surface area contributed by atoms with Gasteiger partial charge in [-0.2, -0.15) is 0 Å². The van der Waals surface area contributed by atoms with Crippen LogP contribution in [0, 0.1) is 12.8 Å². The molecule has 98 valence electrons. The minimum atomic E-state index is 0.592. The second-order valence-corrected chi connectivity index (χ2v) is 5.72. The predicted octanol–water partition coefficient (Wildman–Crippen LogP) is 1.71. The molecule has 0 saturated carbocycles. The zero-order chi connectivity index (χ0) is 12.5. The summed E-state index contributed by atoms with van der Waals surface area (Å²) in [6.07, 6.45) is 2.56. The van der Waals surface area contributed by atoms with Crippen molar-refractivity contribution in [2.75, 3.05) is 31.1 Å². The molecule has 0 bridgehead atoms. The number of hydrogen-bond acceptors (Lipinski definition) is 4. The van der Waals surface area contributed by atoms with E-state index >= 15 is 0 Å². The molecule has 4 nitrogen and oxygen atoms in total. The summed E-state index contributed by atoms with van der Waals surface area (Å²) in [7, 11) is 0. The van der Waals surface area contributed by atoms with E-state index in [1.807, 2.05) is 6.92 Å². The van der Waals surface area contributed by atoms with Crippen molar-refractivity contribution in [3.05, 3.63) is 17.6 Å². The van der Waals surface area contributed by atoms with E-state index in [1.54, 1.807) is 0 Å². The van der Waals surface area contributed by atoms with E-state index in [9.17, 15) is 0 Å². The van der Waals surface area contributed by atoms with E-state index in [1.165, 1.54) is 18.5 Å². The lowest BCUT2D eigenvalue weighted by atomic mass is 9.97. The first-order valence-electron chi connectivity index (χ1n) is 7.03. The van der Waals surface area contributed by atoms with Crippen LogP contribution in [0.4, 0.5) is 5.82 Å². The smallest absolute Gasteiger partial charge is 0.132 e. The Morgan fingerprint density at radius 1 is 1.22 bits per heavy atom. The fraction of sp³-hybridized carbons (Fsp3) is 0.714. The van der Waals surface area contributed by atoms with Gasteiger partial charge in [-0.1, -0.05) is 6.92 Å². The molecule has 4 heteroatoms. The van der Waals surface area contributed by atoms with Crippen LogP contribution in [0.15, 0.2) is 6.07 Å². The third kappa shape index (κ3) is 2.34. The zero-order valence-corrected chi connectivity index (χ0v) is 11.3. The Morgan fingerprint density at radius 2 is 1.94 bits per heavy atom. The van der Waals surface area contributed by atoms with Crippen LogP contribution in [0.3, 0.4) is 0 Å². The van der Waals surface area contributed by atoms with Crippen molar-refractivity contribution >= 4 is 5.82 Å². The highest BCUT2D eigenvalue weighted by Crippen LogP contribution is 2.25. The molecule has 2 aliphatic rings. The molecule has 1 aromatic rings. The number of piperidine rings is 1. The van der Waals surface area contributed by atoms with Gasteiger partial charge < -0.3 is 10.2 Å². The highest BCUT2D eigenvalue weighted by molar-refractivity contribution is 5.41. The molecule has 0 radical (unpaired) electrons. The van der Waals surface area contributed by atoms with Gasteiger partial charge in [0.15, 0.2) is 0 Å². The van der Waals surface area contributed by atoms with Crippen molar-refractivity contribution in [1.29, 1.82) is 0 Å². The Hall–Kier alpha value is -1.16. The maximum Gasteiger partial charge on any atom is 0.132 e. The average Bonchev–Trinajstić information content (AvgIpc) is 2.26. The van der Waals surface area contributed by atoms with Crippen LogP contribution < -0.4 is 10.2 Å². The van der Waals surface area contributed by atoms with Crippen molar-refractivity contribution < 1.29 is 0 Å². The molecule has 3 heterocycles. The number of aromatic nitrogens is 2. The van der Waals surface area contributed by atoms with Crippen LogP contribution in [-0.2, 0) is 0 Å². The number of aryl methyl sites for hydroxylation is 1. The molecule has 2 saturated heterocycles. The maximum atomic E-state index is 4.62. The fourth-order valence-corrected chi connectivity index (χ4v) is 2.68. The van der Waals surface area contributed by atoms with Crippen molar-refractivity contribution in [2.45, 2.75) is 32.6 Å². The summed E-state index contributed by atoms with van der Waals surface area (Å²) in [5, 5.41) is 3.31. The van der Waals surface area contributed by atoms with E-state index < -0.39 is 0 Å². The number of nitrogens with one attached hydrogen (secondary N) is 1. The molecule has 0 atom stereocenters. The normalized spacial score (nSPS) is 22.0. The average molecular weight is 246 g/mol. The second kappa shape index (κ2) is 4.84. The van der Waals surface area contributed by atoms with E-state index in [2.05, 4.69) is 33.2 Å². The van der Waals surface area contributed by atoms with E-state index in [-0.39, 0.29) is 0 Å². The Kier molecular flexibility index (Phi) is 3.20. The monoisotopic (exact) mass is 246 g/mol. The van der Waals surface area contributed by atoms with Crippen molar-refractivity contribution in [3.63, 3.8) is 0 Å². The molecule has 2 aliphatic heterocycles. The van der Waals surface area contributed by atoms with Crippen LogP contribution >= 0.6 is 0 Å². The summed E-state index contributed by atoms with van der Waals surface area (Å²) >= 11 is 0. The predicted molar refractivity (Wildman–Crippen MR) is 73.0 cm³/mol. The molecule has 1 N–H and O–H groups in total. The van der Waals surface area contributed by atoms with Gasteiger partial charge in [0.2, 0.25) is 0 Å². The summed E-state index contributed by atoms with van der Waals surface area (Å²) in [4.78, 5) is 11.6. The molecule has 0 aromatic carbocycles. The van der Waals surface area contributed by atoms with Gasteiger partial charge in [-0.05, 0) is 25.7 Å². The molecule has 0 aliphatic carbocycles. The van der Waals surface area contributed by atoms with Gasteiger partial charge in [0.1, 0.15) is 11.6 Å². The summed E-state index contributed by atoms with van der Waals surface area (Å²) in [6, 6.07) is 2.20. The van der Waals surface area contributed by atoms with Gasteiger partial charge in [-0.15, -0.1) is 0 Å². The summed E-state index contributed by atoms with van der Waals surface area (Å²) in [6.45, 7) is 8.75. The lowest BCUT2D eigenvalue weighted by molar-refractivity contribution is 0.430. The number of anilines is 1. The molecule has 1 aromatic heterocycles. The van der Waals surface area contributed by atoms with Gasteiger partial charge in [0, 0.05) is 38.2 Å². The van der Waals surface area contributed by atoms with E-state index in [4.69, 9.17) is 0 Å². The topological polar surface area (TPSA) is 41.1 Å². The largest absolute Gasteiger partial charge is 0.356 e. The molecule has 0 unspecified atom stereocenters. The fourth-order valence-electron chi connectivity index (χ4n) is 2.68. The van der Waals surface area contributed by atoms with Crippen molar-refractivity contribution in [2.24, 2.45) is 5.92 Å². The van der Waals surface area contributed by atoms with Crippen LogP contribution in [0.5, 0.6) is 0 Å². The Balaban J connectivity index is 1.80. The first kappa shape index (κ1) is 11.9. The number of rotatable bonds is 2. The van der Waals surface area contributed by atoms with Crippen LogP contribution in [0.1, 0.15) is 37.2 Å². The summed E-state index contributed by atoms with van der Waals surface area (Å²) < 4.78 is 0. The van der Waals surface area contributed by atoms with Crippen LogP contribution in [0.2, 0.25) is 0 Å². The third-order valence-corrected chi connectivity index (χ3v) is 4.15. The molecular weight excluding hydrogens is 224 g/mol. The van der Waals surface area contributed by atoms with Gasteiger partial charge in [0.25, 0.3) is 0 Å². The Labute approximate surface area is 109 Å². The van der Waals surface area contributed by atoms with Gasteiger partial charge in [0.05, 0.1) is 5.69 Å².